The minimum Gasteiger partial charge on any atom is -0.488 e. The fourth-order valence-electron chi connectivity index (χ4n) is 4.05. The largest absolute Gasteiger partial charge is 0.488 e. The number of carbonyl (C=O) groups excluding carboxylic acids is 2. The molecule has 1 N–H and O–H groups in total. The van der Waals surface area contributed by atoms with Crippen molar-refractivity contribution < 1.29 is 14.3 Å². The van der Waals surface area contributed by atoms with E-state index in [9.17, 15) is 9.59 Å². The maximum Gasteiger partial charge on any atom is 0.329 e. The quantitative estimate of drug-likeness (QED) is 0.299. The Morgan fingerprint density at radius 3 is 2.44 bits per heavy atom. The molecule has 0 aromatic heterocycles. The highest BCUT2D eigenvalue weighted by atomic mass is 16.5. The number of nitrogens with one attached hydrogen (secondary N) is 1. The highest BCUT2D eigenvalue weighted by Crippen LogP contribution is 2.26. The van der Waals surface area contributed by atoms with Crippen LogP contribution in [0.1, 0.15) is 22.3 Å². The van der Waals surface area contributed by atoms with Crippen molar-refractivity contribution in [1.82, 2.24) is 10.2 Å². The number of carbonyl (C=O) groups is 2. The number of benzene rings is 4. The molecule has 1 heterocycles. The Balaban J connectivity index is 1.35. The molecule has 1 fully saturated rings. The van der Waals surface area contributed by atoms with Crippen molar-refractivity contribution >= 4 is 28.8 Å². The van der Waals surface area contributed by atoms with E-state index >= 15 is 0 Å². The van der Waals surface area contributed by atoms with Crippen molar-refractivity contribution in [3.05, 3.63) is 119 Å². The van der Waals surface area contributed by atoms with Gasteiger partial charge in [0, 0.05) is 5.56 Å². The van der Waals surface area contributed by atoms with E-state index in [1.165, 1.54) is 4.90 Å². The molecule has 5 rings (SSSR count). The number of aryl methyl sites for hydroxylation is 1. The second kappa shape index (κ2) is 9.24. The van der Waals surface area contributed by atoms with E-state index in [-0.39, 0.29) is 18.1 Å². The van der Waals surface area contributed by atoms with Crippen LogP contribution in [-0.2, 0) is 17.9 Å². The molecule has 0 unspecified atom stereocenters. The van der Waals surface area contributed by atoms with Crippen LogP contribution in [0, 0.1) is 6.92 Å². The SMILES string of the molecule is Cc1ccc(CN2C(=O)N/C(=C/c3ccccc3OCc3cccc4ccccc34)C2=O)cc1. The summed E-state index contributed by atoms with van der Waals surface area (Å²) in [6.07, 6.45) is 1.67. The molecular formula is C29H24N2O3. The summed E-state index contributed by atoms with van der Waals surface area (Å²) in [5.74, 6) is 0.288. The molecule has 0 radical (unpaired) electrons. The van der Waals surface area contributed by atoms with Crippen LogP contribution in [0.2, 0.25) is 0 Å². The fraction of sp³-hybridized carbons (Fsp3) is 0.103. The number of ether oxygens (including phenoxy) is 1. The van der Waals surface area contributed by atoms with Crippen molar-refractivity contribution in [3.8, 4) is 5.75 Å². The molecule has 4 aromatic carbocycles. The Bertz CT molecular complexity index is 1400. The molecular weight excluding hydrogens is 424 g/mol. The second-order valence-corrected chi connectivity index (χ2v) is 8.33. The van der Waals surface area contributed by atoms with Crippen molar-refractivity contribution in [2.24, 2.45) is 0 Å². The Morgan fingerprint density at radius 2 is 1.59 bits per heavy atom. The third-order valence-electron chi connectivity index (χ3n) is 5.91. The Morgan fingerprint density at radius 1 is 0.853 bits per heavy atom. The van der Waals surface area contributed by atoms with Gasteiger partial charge in [-0.3, -0.25) is 9.69 Å². The molecule has 34 heavy (non-hydrogen) atoms. The monoisotopic (exact) mass is 448 g/mol. The fourth-order valence-corrected chi connectivity index (χ4v) is 4.05. The molecule has 4 aromatic rings. The number of urea groups is 1. The minimum atomic E-state index is -0.425. The van der Waals surface area contributed by atoms with E-state index < -0.39 is 6.03 Å². The van der Waals surface area contributed by atoms with Crippen molar-refractivity contribution in [3.63, 3.8) is 0 Å². The van der Waals surface area contributed by atoms with E-state index in [2.05, 4.69) is 23.5 Å². The van der Waals surface area contributed by atoms with Crippen LogP contribution >= 0.6 is 0 Å². The average molecular weight is 449 g/mol. The van der Waals surface area contributed by atoms with Crippen LogP contribution < -0.4 is 10.1 Å². The molecule has 0 bridgehead atoms. The zero-order chi connectivity index (χ0) is 23.5. The smallest absolute Gasteiger partial charge is 0.329 e. The van der Waals surface area contributed by atoms with Gasteiger partial charge >= 0.3 is 6.03 Å². The van der Waals surface area contributed by atoms with Crippen LogP contribution in [0.15, 0.2) is 96.7 Å². The van der Waals surface area contributed by atoms with Gasteiger partial charge in [-0.2, -0.15) is 0 Å². The highest BCUT2D eigenvalue weighted by molar-refractivity contribution is 6.14. The molecule has 1 aliphatic rings. The number of fused-ring (bicyclic) bond motifs is 1. The highest BCUT2D eigenvalue weighted by Gasteiger charge is 2.33. The number of rotatable bonds is 6. The summed E-state index contributed by atoms with van der Waals surface area (Å²) in [5, 5.41) is 5.01. The Hall–Kier alpha value is -4.38. The summed E-state index contributed by atoms with van der Waals surface area (Å²) in [6, 6.07) is 29.2. The van der Waals surface area contributed by atoms with Crippen LogP contribution in [0.4, 0.5) is 4.79 Å². The predicted molar refractivity (Wildman–Crippen MR) is 133 cm³/mol. The standard InChI is InChI=1S/C29H24N2O3/c1-20-13-15-21(16-14-20)18-31-28(32)26(30-29(31)33)17-23-8-3-5-12-27(23)34-19-24-10-6-9-22-7-2-4-11-25(22)24/h2-17H,18-19H2,1H3,(H,30,33)/b26-17+. The molecule has 0 atom stereocenters. The first kappa shape index (κ1) is 21.5. The summed E-state index contributed by atoms with van der Waals surface area (Å²) < 4.78 is 6.16. The van der Waals surface area contributed by atoms with Crippen molar-refractivity contribution in [2.75, 3.05) is 0 Å². The number of nitrogens with zero attached hydrogens (tertiary/aromatic N) is 1. The van der Waals surface area contributed by atoms with Gasteiger partial charge in [0.05, 0.1) is 6.54 Å². The van der Waals surface area contributed by atoms with E-state index in [1.54, 1.807) is 6.08 Å². The molecule has 5 heteroatoms. The first-order chi connectivity index (χ1) is 16.6. The third-order valence-corrected chi connectivity index (χ3v) is 5.91. The van der Waals surface area contributed by atoms with Gasteiger partial charge in [0.25, 0.3) is 5.91 Å². The molecule has 1 aliphatic heterocycles. The zero-order valence-electron chi connectivity index (χ0n) is 18.8. The molecule has 5 nitrogen and oxygen atoms in total. The van der Waals surface area contributed by atoms with E-state index in [1.807, 2.05) is 79.7 Å². The topological polar surface area (TPSA) is 58.6 Å². The number of hydrogen-bond donors (Lipinski definition) is 1. The molecule has 168 valence electrons. The van der Waals surface area contributed by atoms with E-state index in [0.717, 1.165) is 33.0 Å². The molecule has 0 spiro atoms. The van der Waals surface area contributed by atoms with Gasteiger partial charge in [-0.05, 0) is 41.0 Å². The third kappa shape index (κ3) is 4.41. The number of imide groups is 1. The molecule has 3 amide bonds. The molecule has 0 saturated carbocycles. The van der Waals surface area contributed by atoms with Gasteiger partial charge in [-0.15, -0.1) is 0 Å². The summed E-state index contributed by atoms with van der Waals surface area (Å²) >= 11 is 0. The predicted octanol–water partition coefficient (Wildman–Crippen LogP) is 5.82. The normalized spacial score (nSPS) is 14.6. The van der Waals surface area contributed by atoms with Gasteiger partial charge in [0.1, 0.15) is 18.1 Å². The Labute approximate surface area is 198 Å². The summed E-state index contributed by atoms with van der Waals surface area (Å²) in [6.45, 7) is 2.61. The van der Waals surface area contributed by atoms with Gasteiger partial charge in [0.15, 0.2) is 0 Å². The number of hydrogen-bond acceptors (Lipinski definition) is 3. The van der Waals surface area contributed by atoms with Gasteiger partial charge in [-0.1, -0.05) is 90.5 Å². The zero-order valence-corrected chi connectivity index (χ0v) is 18.8. The minimum absolute atomic E-state index is 0.224. The molecule has 0 aliphatic carbocycles. The van der Waals surface area contributed by atoms with Crippen molar-refractivity contribution in [2.45, 2.75) is 20.1 Å². The Kier molecular flexibility index (Phi) is 5.83. The lowest BCUT2D eigenvalue weighted by atomic mass is 10.1. The average Bonchev–Trinajstić information content (AvgIpc) is 3.12. The van der Waals surface area contributed by atoms with Crippen LogP contribution in [-0.4, -0.2) is 16.8 Å². The van der Waals surface area contributed by atoms with Crippen LogP contribution in [0.3, 0.4) is 0 Å². The lowest BCUT2D eigenvalue weighted by molar-refractivity contribution is -0.123. The van der Waals surface area contributed by atoms with E-state index in [0.29, 0.717) is 12.4 Å². The summed E-state index contributed by atoms with van der Waals surface area (Å²) in [4.78, 5) is 26.7. The second-order valence-electron chi connectivity index (χ2n) is 8.33. The first-order valence-electron chi connectivity index (χ1n) is 11.2. The maximum absolute atomic E-state index is 13.0. The first-order valence-corrected chi connectivity index (χ1v) is 11.2. The van der Waals surface area contributed by atoms with Crippen molar-refractivity contribution in [1.29, 1.82) is 0 Å². The van der Waals surface area contributed by atoms with Gasteiger partial charge < -0.3 is 10.1 Å². The van der Waals surface area contributed by atoms with E-state index in [4.69, 9.17) is 4.74 Å². The number of para-hydroxylation sites is 1. The lowest BCUT2D eigenvalue weighted by Gasteiger charge is -2.12. The van der Waals surface area contributed by atoms with Gasteiger partial charge in [0.2, 0.25) is 0 Å². The van der Waals surface area contributed by atoms with Crippen LogP contribution in [0.5, 0.6) is 5.75 Å². The summed E-state index contributed by atoms with van der Waals surface area (Å²) in [5.41, 5.74) is 4.06. The van der Waals surface area contributed by atoms with Crippen LogP contribution in [0.25, 0.3) is 16.8 Å². The lowest BCUT2D eigenvalue weighted by Crippen LogP contribution is -2.30. The number of amides is 3. The van der Waals surface area contributed by atoms with Gasteiger partial charge in [-0.25, -0.2) is 4.79 Å². The maximum atomic E-state index is 13.0. The summed E-state index contributed by atoms with van der Waals surface area (Å²) in [7, 11) is 0. The molecule has 1 saturated heterocycles.